The highest BCUT2D eigenvalue weighted by atomic mass is 35.5. The third-order valence-electron chi connectivity index (χ3n) is 3.35. The van der Waals surface area contributed by atoms with Crippen LogP contribution in [-0.2, 0) is 10.0 Å². The molecule has 0 aliphatic carbocycles. The average Bonchev–Trinajstić information content (AvgIpc) is 2.89. The van der Waals surface area contributed by atoms with E-state index in [0.29, 0.717) is 12.8 Å². The van der Waals surface area contributed by atoms with E-state index in [4.69, 9.17) is 16.7 Å². The summed E-state index contributed by atoms with van der Waals surface area (Å²) >= 11 is 5.69. The lowest BCUT2D eigenvalue weighted by atomic mass is 10.2. The van der Waals surface area contributed by atoms with Gasteiger partial charge in [-0.1, -0.05) is 11.6 Å². The number of nitrogens with zero attached hydrogens (tertiary/aromatic N) is 1. The predicted octanol–water partition coefficient (Wildman–Crippen LogP) is 1.32. The maximum atomic E-state index is 14.2. The van der Waals surface area contributed by atoms with Gasteiger partial charge in [0.1, 0.15) is 4.90 Å². The van der Waals surface area contributed by atoms with Crippen LogP contribution >= 0.6 is 11.6 Å². The van der Waals surface area contributed by atoms with Crippen LogP contribution in [0, 0.1) is 5.82 Å². The Morgan fingerprint density at radius 3 is 2.71 bits per heavy atom. The second-order valence-corrected chi connectivity index (χ2v) is 6.96. The summed E-state index contributed by atoms with van der Waals surface area (Å²) in [5.41, 5.74) is -0.805. The molecular formula is C12H13ClFNO5S. The largest absolute Gasteiger partial charge is 0.478 e. The first-order chi connectivity index (χ1) is 9.78. The topological polar surface area (TPSA) is 94.9 Å². The van der Waals surface area contributed by atoms with E-state index in [1.54, 1.807) is 0 Å². The molecule has 1 saturated heterocycles. The number of hydrogen-bond donors (Lipinski definition) is 2. The number of aliphatic hydroxyl groups excluding tert-OH is 1. The molecule has 0 spiro atoms. The first-order valence-electron chi connectivity index (χ1n) is 6.14. The summed E-state index contributed by atoms with van der Waals surface area (Å²) in [5, 5.41) is 17.9. The highest BCUT2D eigenvalue weighted by Gasteiger charge is 2.37. The monoisotopic (exact) mass is 337 g/mol. The van der Waals surface area contributed by atoms with Gasteiger partial charge in [-0.25, -0.2) is 17.6 Å². The number of carbonyl (C=O) groups is 1. The van der Waals surface area contributed by atoms with Gasteiger partial charge in [0.25, 0.3) is 0 Å². The molecule has 0 bridgehead atoms. The van der Waals surface area contributed by atoms with Crippen LogP contribution in [0.5, 0.6) is 0 Å². The van der Waals surface area contributed by atoms with Gasteiger partial charge in [0.15, 0.2) is 5.82 Å². The fraction of sp³-hybridized carbons (Fsp3) is 0.417. The van der Waals surface area contributed by atoms with Gasteiger partial charge < -0.3 is 10.2 Å². The molecule has 0 aromatic heterocycles. The molecule has 1 unspecified atom stereocenters. The zero-order valence-electron chi connectivity index (χ0n) is 10.8. The van der Waals surface area contributed by atoms with Crippen LogP contribution in [0.2, 0.25) is 5.02 Å². The molecule has 2 rings (SSSR count). The third-order valence-corrected chi connectivity index (χ3v) is 5.52. The van der Waals surface area contributed by atoms with Crippen LogP contribution in [0.15, 0.2) is 17.0 Å². The van der Waals surface area contributed by atoms with Gasteiger partial charge in [0.05, 0.1) is 12.2 Å². The normalized spacial score (nSPS) is 19.9. The van der Waals surface area contributed by atoms with Crippen molar-refractivity contribution in [1.82, 2.24) is 4.31 Å². The minimum atomic E-state index is -4.26. The molecule has 0 saturated carbocycles. The van der Waals surface area contributed by atoms with E-state index >= 15 is 0 Å². The quantitative estimate of drug-likeness (QED) is 0.864. The van der Waals surface area contributed by atoms with Crippen molar-refractivity contribution in [2.24, 2.45) is 0 Å². The molecular weight excluding hydrogens is 325 g/mol. The zero-order chi connectivity index (χ0) is 15.8. The summed E-state index contributed by atoms with van der Waals surface area (Å²) in [6, 6.07) is 1.10. The molecule has 1 heterocycles. The number of carboxylic acid groups (broad SMARTS) is 1. The van der Waals surface area contributed by atoms with Crippen LogP contribution < -0.4 is 0 Å². The molecule has 1 aromatic carbocycles. The molecule has 6 nitrogen and oxygen atoms in total. The lowest BCUT2D eigenvalue weighted by Crippen LogP contribution is -2.38. The van der Waals surface area contributed by atoms with Gasteiger partial charge >= 0.3 is 5.97 Å². The molecule has 0 radical (unpaired) electrons. The Kier molecular flexibility index (Phi) is 4.52. The molecule has 1 fully saturated rings. The number of aromatic carboxylic acids is 1. The van der Waals surface area contributed by atoms with E-state index in [1.165, 1.54) is 0 Å². The Labute approximate surface area is 125 Å². The Balaban J connectivity index is 2.57. The lowest BCUT2D eigenvalue weighted by Gasteiger charge is -2.23. The van der Waals surface area contributed by atoms with Crippen LogP contribution in [0.4, 0.5) is 4.39 Å². The SMILES string of the molecule is O=C(O)c1cc(Cl)cc(S(=O)(=O)N2CCCC2CO)c1F. The molecule has 21 heavy (non-hydrogen) atoms. The number of halogens is 2. The van der Waals surface area contributed by atoms with Gasteiger partial charge in [0, 0.05) is 17.6 Å². The average molecular weight is 338 g/mol. The van der Waals surface area contributed by atoms with Crippen molar-refractivity contribution in [3.8, 4) is 0 Å². The Hall–Kier alpha value is -1.22. The summed E-state index contributed by atoms with van der Waals surface area (Å²) in [7, 11) is -4.26. The van der Waals surface area contributed by atoms with Gasteiger partial charge in [-0.2, -0.15) is 4.31 Å². The molecule has 1 atom stereocenters. The number of sulfonamides is 1. The van der Waals surface area contributed by atoms with Gasteiger partial charge in [-0.15, -0.1) is 0 Å². The second kappa shape index (κ2) is 5.88. The summed E-state index contributed by atoms with van der Waals surface area (Å²) in [6.07, 6.45) is 1.00. The van der Waals surface area contributed by atoms with Gasteiger partial charge in [-0.3, -0.25) is 0 Å². The second-order valence-electron chi connectivity index (χ2n) is 4.67. The molecule has 0 amide bonds. The summed E-state index contributed by atoms with van der Waals surface area (Å²) in [4.78, 5) is 10.2. The van der Waals surface area contributed by atoms with Crippen LogP contribution in [0.25, 0.3) is 0 Å². The predicted molar refractivity (Wildman–Crippen MR) is 72.4 cm³/mol. The van der Waals surface area contributed by atoms with E-state index in [9.17, 15) is 22.7 Å². The van der Waals surface area contributed by atoms with Crippen molar-refractivity contribution >= 4 is 27.6 Å². The van der Waals surface area contributed by atoms with Crippen molar-refractivity contribution in [2.75, 3.05) is 13.2 Å². The summed E-state index contributed by atoms with van der Waals surface area (Å²) in [6.45, 7) is -0.241. The molecule has 116 valence electrons. The summed E-state index contributed by atoms with van der Waals surface area (Å²) in [5.74, 6) is -2.96. The number of carboxylic acids is 1. The van der Waals surface area contributed by atoms with E-state index in [2.05, 4.69) is 0 Å². The van der Waals surface area contributed by atoms with Crippen molar-refractivity contribution in [2.45, 2.75) is 23.8 Å². The van der Waals surface area contributed by atoms with Crippen LogP contribution in [-0.4, -0.2) is 48.1 Å². The van der Waals surface area contributed by atoms with E-state index in [0.717, 1.165) is 16.4 Å². The molecule has 1 aliphatic rings. The summed E-state index contributed by atoms with van der Waals surface area (Å²) < 4.78 is 40.1. The molecule has 1 aliphatic heterocycles. The first kappa shape index (κ1) is 16.2. The number of benzene rings is 1. The van der Waals surface area contributed by atoms with Crippen molar-refractivity contribution in [1.29, 1.82) is 0 Å². The van der Waals surface area contributed by atoms with E-state index < -0.39 is 38.3 Å². The van der Waals surface area contributed by atoms with E-state index in [-0.39, 0.29) is 18.2 Å². The Morgan fingerprint density at radius 1 is 1.48 bits per heavy atom. The molecule has 9 heteroatoms. The smallest absolute Gasteiger partial charge is 0.338 e. The highest BCUT2D eigenvalue weighted by Crippen LogP contribution is 2.30. The fourth-order valence-electron chi connectivity index (χ4n) is 2.34. The maximum Gasteiger partial charge on any atom is 0.338 e. The standard InChI is InChI=1S/C12H13ClFNO5S/c13-7-4-9(12(17)18)11(14)10(5-7)21(19,20)15-3-1-2-8(15)6-16/h4-5,8,16H,1-3,6H2,(H,17,18). The lowest BCUT2D eigenvalue weighted by molar-refractivity contribution is 0.0691. The fourth-order valence-corrected chi connectivity index (χ4v) is 4.42. The third kappa shape index (κ3) is 2.89. The highest BCUT2D eigenvalue weighted by molar-refractivity contribution is 7.89. The first-order valence-corrected chi connectivity index (χ1v) is 7.96. The maximum absolute atomic E-state index is 14.2. The zero-order valence-corrected chi connectivity index (χ0v) is 12.4. The molecule has 2 N–H and O–H groups in total. The van der Waals surface area contributed by atoms with Crippen molar-refractivity contribution in [3.05, 3.63) is 28.5 Å². The minimum Gasteiger partial charge on any atom is -0.478 e. The van der Waals surface area contributed by atoms with E-state index in [1.807, 2.05) is 0 Å². The van der Waals surface area contributed by atoms with Crippen molar-refractivity contribution < 1.29 is 27.8 Å². The number of hydrogen-bond acceptors (Lipinski definition) is 4. The number of aliphatic hydroxyl groups is 1. The van der Waals surface area contributed by atoms with Crippen LogP contribution in [0.3, 0.4) is 0 Å². The number of rotatable bonds is 4. The minimum absolute atomic E-state index is 0.141. The van der Waals surface area contributed by atoms with Crippen molar-refractivity contribution in [3.63, 3.8) is 0 Å². The van der Waals surface area contributed by atoms with Gasteiger partial charge in [-0.05, 0) is 25.0 Å². The Bertz CT molecular complexity index is 678. The Morgan fingerprint density at radius 2 is 2.14 bits per heavy atom. The van der Waals surface area contributed by atoms with Gasteiger partial charge in [0.2, 0.25) is 10.0 Å². The molecule has 1 aromatic rings. The van der Waals surface area contributed by atoms with Crippen LogP contribution in [0.1, 0.15) is 23.2 Å².